The smallest absolute Gasteiger partial charge is 0.198 e. The van der Waals surface area contributed by atoms with Crippen LogP contribution in [0.2, 0.25) is 0 Å². The van der Waals surface area contributed by atoms with E-state index in [1.165, 1.54) is 12.1 Å². The van der Waals surface area contributed by atoms with Crippen LogP contribution < -0.4 is 0 Å². The third-order valence-electron chi connectivity index (χ3n) is 5.01. The molecule has 0 saturated carbocycles. The first kappa shape index (κ1) is 18.7. The lowest BCUT2D eigenvalue weighted by atomic mass is 9.81. The van der Waals surface area contributed by atoms with Crippen LogP contribution in [0.4, 0.5) is 0 Å². The third kappa shape index (κ3) is 3.22. The number of phenolic OH excluding ortho intramolecular Hbond substituents is 2. The van der Waals surface area contributed by atoms with Crippen LogP contribution in [0.15, 0.2) is 66.7 Å². The lowest BCUT2D eigenvalue weighted by molar-refractivity contribution is 0.0973. The van der Waals surface area contributed by atoms with E-state index >= 15 is 0 Å². The highest BCUT2D eigenvalue weighted by molar-refractivity contribution is 6.30. The molecule has 0 radical (unpaired) electrons. The van der Waals surface area contributed by atoms with Crippen LogP contribution in [0.3, 0.4) is 0 Å². The highest BCUT2D eigenvalue weighted by Crippen LogP contribution is 2.42. The minimum Gasteiger partial charge on any atom is -0.507 e. The van der Waals surface area contributed by atoms with Crippen molar-refractivity contribution in [3.05, 3.63) is 100 Å². The molecule has 0 aliphatic heterocycles. The summed E-state index contributed by atoms with van der Waals surface area (Å²) >= 11 is 0. The molecule has 1 unspecified atom stereocenters. The van der Waals surface area contributed by atoms with Gasteiger partial charge in [-0.15, -0.1) is 0 Å². The van der Waals surface area contributed by atoms with Gasteiger partial charge in [-0.25, -0.2) is 0 Å². The number of ketones is 2. The van der Waals surface area contributed by atoms with Crippen molar-refractivity contribution in [1.29, 1.82) is 0 Å². The van der Waals surface area contributed by atoms with Gasteiger partial charge in [0, 0.05) is 16.7 Å². The zero-order chi connectivity index (χ0) is 20.5. The maximum Gasteiger partial charge on any atom is 0.198 e. The van der Waals surface area contributed by atoms with E-state index in [-0.39, 0.29) is 34.2 Å². The van der Waals surface area contributed by atoms with Gasteiger partial charge in [0.2, 0.25) is 0 Å². The van der Waals surface area contributed by atoms with Crippen molar-refractivity contribution >= 4 is 17.6 Å². The number of phenols is 2. The van der Waals surface area contributed by atoms with Crippen molar-refractivity contribution in [3.8, 4) is 11.5 Å². The van der Waals surface area contributed by atoms with E-state index in [2.05, 4.69) is 0 Å². The molecule has 0 aromatic heterocycles. The number of fused-ring (bicyclic) bond motifs is 2. The third-order valence-corrected chi connectivity index (χ3v) is 5.01. The fourth-order valence-electron chi connectivity index (χ4n) is 3.56. The van der Waals surface area contributed by atoms with Gasteiger partial charge in [0.05, 0.1) is 17.2 Å². The average molecular weight is 386 g/mol. The van der Waals surface area contributed by atoms with Gasteiger partial charge in [-0.05, 0) is 18.1 Å². The Morgan fingerprint density at radius 2 is 1.41 bits per heavy atom. The van der Waals surface area contributed by atoms with Gasteiger partial charge in [0.15, 0.2) is 11.6 Å². The first-order valence-corrected chi connectivity index (χ1v) is 9.16. The summed E-state index contributed by atoms with van der Waals surface area (Å²) in [6.45, 7) is 0. The van der Waals surface area contributed by atoms with E-state index in [0.29, 0.717) is 0 Å². The van der Waals surface area contributed by atoms with Crippen LogP contribution in [0.1, 0.15) is 55.5 Å². The zero-order valence-electron chi connectivity index (χ0n) is 15.4. The Kier molecular flexibility index (Phi) is 4.74. The SMILES string of the molecule is O=C1c2ccccc2C(=O)c2c(O)c(C(O)C/C=C/c3ccccc3)cc(O)c21. The Hall–Kier alpha value is -3.70. The number of aromatic hydroxyl groups is 2. The van der Waals surface area contributed by atoms with E-state index in [0.717, 1.165) is 11.6 Å². The van der Waals surface area contributed by atoms with E-state index in [9.17, 15) is 24.9 Å². The number of carbonyl (C=O) groups is 2. The molecule has 0 heterocycles. The van der Waals surface area contributed by atoms with Gasteiger partial charge >= 0.3 is 0 Å². The van der Waals surface area contributed by atoms with Crippen molar-refractivity contribution < 1.29 is 24.9 Å². The van der Waals surface area contributed by atoms with Crippen LogP contribution in [0.5, 0.6) is 11.5 Å². The van der Waals surface area contributed by atoms with Crippen molar-refractivity contribution in [2.24, 2.45) is 0 Å². The maximum absolute atomic E-state index is 12.9. The predicted octanol–water partition coefficient (Wildman–Crippen LogP) is 4.01. The minimum atomic E-state index is -1.16. The predicted molar refractivity (Wildman–Crippen MR) is 108 cm³/mol. The van der Waals surface area contributed by atoms with Crippen molar-refractivity contribution in [1.82, 2.24) is 0 Å². The molecule has 0 bridgehead atoms. The summed E-state index contributed by atoms with van der Waals surface area (Å²) in [5, 5.41) is 31.6. The number of carbonyl (C=O) groups excluding carboxylic acids is 2. The molecule has 0 spiro atoms. The van der Waals surface area contributed by atoms with Gasteiger partial charge in [0.25, 0.3) is 0 Å². The molecule has 0 saturated heterocycles. The van der Waals surface area contributed by atoms with Crippen LogP contribution >= 0.6 is 0 Å². The molecular weight excluding hydrogens is 368 g/mol. The molecule has 0 fully saturated rings. The highest BCUT2D eigenvalue weighted by atomic mass is 16.3. The normalized spacial score (nSPS) is 14.0. The van der Waals surface area contributed by atoms with E-state index in [1.54, 1.807) is 18.2 Å². The minimum absolute atomic E-state index is 0.000470. The monoisotopic (exact) mass is 386 g/mol. The second kappa shape index (κ2) is 7.37. The first-order valence-electron chi connectivity index (χ1n) is 9.16. The molecular formula is C24H18O5. The van der Waals surface area contributed by atoms with Crippen molar-refractivity contribution in [2.75, 3.05) is 0 Å². The quantitative estimate of drug-likeness (QED) is 0.461. The molecule has 29 heavy (non-hydrogen) atoms. The number of rotatable bonds is 4. The largest absolute Gasteiger partial charge is 0.507 e. The summed E-state index contributed by atoms with van der Waals surface area (Å²) in [4.78, 5) is 25.6. The fraction of sp³-hybridized carbons (Fsp3) is 0.0833. The van der Waals surface area contributed by atoms with Gasteiger partial charge in [-0.3, -0.25) is 9.59 Å². The molecule has 1 atom stereocenters. The van der Waals surface area contributed by atoms with Crippen molar-refractivity contribution in [3.63, 3.8) is 0 Å². The molecule has 144 valence electrons. The standard InChI is InChI=1S/C24H18O5/c25-18(12-6-9-14-7-2-1-3-8-14)17-13-19(26)20-21(24(17)29)23(28)16-11-5-4-10-15(16)22(20)27/h1-11,13,18,25-26,29H,12H2/b9-6+. The summed E-state index contributed by atoms with van der Waals surface area (Å²) in [6.07, 6.45) is 2.55. The second-order valence-corrected chi connectivity index (χ2v) is 6.85. The van der Waals surface area contributed by atoms with Gasteiger partial charge in [-0.2, -0.15) is 0 Å². The molecule has 3 aromatic carbocycles. The summed E-state index contributed by atoms with van der Waals surface area (Å²) < 4.78 is 0. The Morgan fingerprint density at radius 1 is 0.828 bits per heavy atom. The first-order chi connectivity index (χ1) is 14.0. The van der Waals surface area contributed by atoms with E-state index < -0.39 is 29.2 Å². The number of hydrogen-bond acceptors (Lipinski definition) is 5. The number of benzene rings is 3. The van der Waals surface area contributed by atoms with Crippen molar-refractivity contribution in [2.45, 2.75) is 12.5 Å². The Morgan fingerprint density at radius 3 is 2.07 bits per heavy atom. The summed E-state index contributed by atoms with van der Waals surface area (Å²) in [6, 6.07) is 16.9. The Bertz CT molecular complexity index is 1150. The number of aliphatic hydroxyl groups is 1. The molecule has 4 rings (SSSR count). The van der Waals surface area contributed by atoms with Crippen LogP contribution in [-0.2, 0) is 0 Å². The average Bonchev–Trinajstić information content (AvgIpc) is 2.74. The fourth-order valence-corrected chi connectivity index (χ4v) is 3.56. The molecule has 5 nitrogen and oxygen atoms in total. The zero-order valence-corrected chi connectivity index (χ0v) is 15.4. The van der Waals surface area contributed by atoms with Gasteiger partial charge < -0.3 is 15.3 Å². The van der Waals surface area contributed by atoms with Gasteiger partial charge in [-0.1, -0.05) is 66.7 Å². The second-order valence-electron chi connectivity index (χ2n) is 6.85. The van der Waals surface area contributed by atoms with Crippen LogP contribution in [-0.4, -0.2) is 26.9 Å². The Balaban J connectivity index is 1.70. The maximum atomic E-state index is 12.9. The summed E-state index contributed by atoms with van der Waals surface area (Å²) in [5.74, 6) is -2.01. The Labute approximate surface area is 167 Å². The molecule has 1 aliphatic rings. The van der Waals surface area contributed by atoms with Gasteiger partial charge in [0.1, 0.15) is 11.5 Å². The van der Waals surface area contributed by atoms with Crippen LogP contribution in [0, 0.1) is 0 Å². The molecule has 5 heteroatoms. The molecule has 3 N–H and O–H groups in total. The van der Waals surface area contributed by atoms with Crippen LogP contribution in [0.25, 0.3) is 6.08 Å². The number of aliphatic hydroxyl groups excluding tert-OH is 1. The topological polar surface area (TPSA) is 94.8 Å². The highest BCUT2D eigenvalue weighted by Gasteiger charge is 2.36. The summed E-state index contributed by atoms with van der Waals surface area (Å²) in [5.41, 5.74) is 0.792. The van der Waals surface area contributed by atoms with E-state index in [4.69, 9.17) is 0 Å². The molecule has 1 aliphatic carbocycles. The lowest BCUT2D eigenvalue weighted by Crippen LogP contribution is -2.22. The molecule has 0 amide bonds. The molecule has 3 aromatic rings. The summed E-state index contributed by atoms with van der Waals surface area (Å²) in [7, 11) is 0. The lowest BCUT2D eigenvalue weighted by Gasteiger charge is -2.22. The number of hydrogen-bond donors (Lipinski definition) is 3. The van der Waals surface area contributed by atoms with E-state index in [1.807, 2.05) is 36.4 Å².